The highest BCUT2D eigenvalue weighted by Crippen LogP contribution is 2.45. The molecule has 0 fully saturated rings. The first-order chi connectivity index (χ1) is 16.1. The molecule has 3 N–H and O–H groups in total. The molecule has 2 aromatic heterocycles. The van der Waals surface area contributed by atoms with Crippen molar-refractivity contribution in [3.8, 4) is 28.1 Å². The van der Waals surface area contributed by atoms with Crippen molar-refractivity contribution in [1.82, 2.24) is 25.0 Å². The van der Waals surface area contributed by atoms with Crippen molar-refractivity contribution in [3.63, 3.8) is 0 Å². The second-order valence-corrected chi connectivity index (χ2v) is 8.32. The molecule has 0 saturated heterocycles. The van der Waals surface area contributed by atoms with Crippen molar-refractivity contribution in [2.24, 2.45) is 7.05 Å². The second-order valence-electron chi connectivity index (χ2n) is 8.32. The van der Waals surface area contributed by atoms with Gasteiger partial charge in [0.15, 0.2) is 6.23 Å². The van der Waals surface area contributed by atoms with Crippen molar-refractivity contribution in [2.45, 2.75) is 12.8 Å². The Morgan fingerprint density at radius 2 is 1.94 bits per heavy atom. The van der Waals surface area contributed by atoms with E-state index in [1.54, 1.807) is 6.33 Å². The molecule has 8 heteroatoms. The lowest BCUT2D eigenvalue weighted by atomic mass is 9.95. The van der Waals surface area contributed by atoms with E-state index >= 15 is 0 Å². The Morgan fingerprint density at radius 3 is 2.70 bits per heavy atom. The lowest BCUT2D eigenvalue weighted by Gasteiger charge is -2.18. The molecular formula is C25H25N7O. The molecule has 0 aliphatic carbocycles. The van der Waals surface area contributed by atoms with E-state index in [0.29, 0.717) is 6.54 Å². The van der Waals surface area contributed by atoms with Crippen LogP contribution in [0.25, 0.3) is 33.4 Å². The van der Waals surface area contributed by atoms with Crippen LogP contribution in [0.5, 0.6) is 5.75 Å². The molecule has 4 aromatic rings. The maximum Gasteiger partial charge on any atom is 0.187 e. The predicted molar refractivity (Wildman–Crippen MR) is 131 cm³/mol. The van der Waals surface area contributed by atoms with Crippen LogP contribution in [0.3, 0.4) is 0 Å². The number of hydrogen-bond donors (Lipinski definition) is 3. The van der Waals surface area contributed by atoms with Crippen LogP contribution in [0.15, 0.2) is 61.1 Å². The molecule has 2 aliphatic rings. The zero-order chi connectivity index (χ0) is 22.5. The molecule has 2 aliphatic heterocycles. The number of rotatable bonds is 4. The second kappa shape index (κ2) is 7.53. The molecule has 0 bridgehead atoms. The van der Waals surface area contributed by atoms with E-state index in [4.69, 9.17) is 4.74 Å². The molecule has 6 rings (SSSR count). The Labute approximate surface area is 191 Å². The van der Waals surface area contributed by atoms with Crippen LogP contribution in [0.4, 0.5) is 11.5 Å². The van der Waals surface area contributed by atoms with Gasteiger partial charge in [0.05, 0.1) is 11.1 Å². The number of aromatic nitrogens is 3. The van der Waals surface area contributed by atoms with Gasteiger partial charge in [-0.15, -0.1) is 0 Å². The van der Waals surface area contributed by atoms with Gasteiger partial charge in [-0.1, -0.05) is 18.2 Å². The topological polar surface area (TPSA) is 79.3 Å². The van der Waals surface area contributed by atoms with Gasteiger partial charge in [-0.3, -0.25) is 0 Å². The molecule has 2 aromatic carbocycles. The number of hydrogen-bond acceptors (Lipinski definition) is 7. The number of hydrazine groups is 1. The highest BCUT2D eigenvalue weighted by molar-refractivity contribution is 6.09. The van der Waals surface area contributed by atoms with Gasteiger partial charge in [0.2, 0.25) is 0 Å². The van der Waals surface area contributed by atoms with Gasteiger partial charge >= 0.3 is 0 Å². The molecule has 0 radical (unpaired) electrons. The van der Waals surface area contributed by atoms with Gasteiger partial charge in [0.25, 0.3) is 0 Å². The number of nitrogens with zero attached hydrogens (tertiary/aromatic N) is 4. The van der Waals surface area contributed by atoms with Gasteiger partial charge in [-0.05, 0) is 47.0 Å². The Kier molecular flexibility index (Phi) is 4.48. The van der Waals surface area contributed by atoms with Crippen LogP contribution in [0.1, 0.15) is 5.56 Å². The summed E-state index contributed by atoms with van der Waals surface area (Å²) >= 11 is 0. The van der Waals surface area contributed by atoms with Crippen LogP contribution in [0, 0.1) is 0 Å². The average molecular weight is 440 g/mol. The van der Waals surface area contributed by atoms with E-state index in [0.717, 1.165) is 56.2 Å². The summed E-state index contributed by atoms with van der Waals surface area (Å²) in [5.74, 6) is 1.67. The minimum Gasteiger partial charge on any atom is -0.470 e. The summed E-state index contributed by atoms with van der Waals surface area (Å²) in [7, 11) is 5.94. The first kappa shape index (κ1) is 19.6. The van der Waals surface area contributed by atoms with Crippen LogP contribution < -0.4 is 20.8 Å². The molecule has 4 heterocycles. The fourth-order valence-corrected chi connectivity index (χ4v) is 4.70. The highest BCUT2D eigenvalue weighted by Gasteiger charge is 2.26. The SMILES string of the molecule is CNc1ccc(-c2c3c4c(ncnc4n2C)NCc2cc(OC4C=CN(C)N4)ccc2-3)cc1. The number of nitrogens with one attached hydrogen (secondary N) is 3. The summed E-state index contributed by atoms with van der Waals surface area (Å²) in [4.78, 5) is 9.19. The molecule has 1 atom stereocenters. The molecule has 166 valence electrons. The molecule has 0 spiro atoms. The Bertz CT molecular complexity index is 1390. The third-order valence-corrected chi connectivity index (χ3v) is 6.28. The fourth-order valence-electron chi connectivity index (χ4n) is 4.70. The minimum atomic E-state index is -0.181. The third kappa shape index (κ3) is 3.18. The molecule has 0 saturated carbocycles. The molecular weight excluding hydrogens is 414 g/mol. The standard InChI is InChI=1S/C25H25N7O/c1-26-17-6-4-15(5-7-17)23-21-19-9-8-18(33-20-10-11-31(2)30-20)12-16(19)13-27-24-22(21)25(32(23)3)29-14-28-24/h4-12,14,20,26,30H,13H2,1-3H3,(H,27,28,29). The third-order valence-electron chi connectivity index (χ3n) is 6.28. The van der Waals surface area contributed by atoms with E-state index < -0.39 is 0 Å². The van der Waals surface area contributed by atoms with Crippen LogP contribution in [-0.4, -0.2) is 39.9 Å². The predicted octanol–water partition coefficient (Wildman–Crippen LogP) is 3.94. The van der Waals surface area contributed by atoms with E-state index in [1.807, 2.05) is 37.4 Å². The largest absolute Gasteiger partial charge is 0.470 e. The van der Waals surface area contributed by atoms with Crippen molar-refractivity contribution in [3.05, 3.63) is 66.6 Å². The van der Waals surface area contributed by atoms with Crippen LogP contribution in [-0.2, 0) is 13.6 Å². The summed E-state index contributed by atoms with van der Waals surface area (Å²) in [5.41, 5.74) is 10.9. The molecule has 0 amide bonds. The number of fused-ring (bicyclic) bond motifs is 2. The van der Waals surface area contributed by atoms with Gasteiger partial charge in [0, 0.05) is 45.1 Å². The van der Waals surface area contributed by atoms with Crippen molar-refractivity contribution in [1.29, 1.82) is 0 Å². The summed E-state index contributed by atoms with van der Waals surface area (Å²) < 4.78 is 8.30. The monoisotopic (exact) mass is 439 g/mol. The highest BCUT2D eigenvalue weighted by atomic mass is 16.5. The zero-order valence-corrected chi connectivity index (χ0v) is 18.8. The van der Waals surface area contributed by atoms with Crippen molar-refractivity contribution < 1.29 is 4.74 Å². The smallest absolute Gasteiger partial charge is 0.187 e. The van der Waals surface area contributed by atoms with Crippen LogP contribution >= 0.6 is 0 Å². The fraction of sp³-hybridized carbons (Fsp3) is 0.200. The van der Waals surface area contributed by atoms with Gasteiger partial charge < -0.3 is 24.9 Å². The number of ether oxygens (including phenoxy) is 1. The van der Waals surface area contributed by atoms with Gasteiger partial charge in [-0.25, -0.2) is 9.97 Å². The Balaban J connectivity index is 1.52. The summed E-state index contributed by atoms with van der Waals surface area (Å²) in [6.45, 7) is 0.656. The van der Waals surface area contributed by atoms with Gasteiger partial charge in [-0.2, -0.15) is 5.43 Å². The zero-order valence-electron chi connectivity index (χ0n) is 18.8. The summed E-state index contributed by atoms with van der Waals surface area (Å²) in [6.07, 6.45) is 5.39. The average Bonchev–Trinajstić information content (AvgIpc) is 3.33. The normalized spacial score (nSPS) is 16.5. The Hall–Kier alpha value is -4.04. The van der Waals surface area contributed by atoms with Crippen molar-refractivity contribution >= 4 is 22.5 Å². The number of aryl methyl sites for hydroxylation is 1. The van der Waals surface area contributed by atoms with Gasteiger partial charge in [0.1, 0.15) is 23.5 Å². The number of benzene rings is 2. The maximum absolute atomic E-state index is 6.14. The van der Waals surface area contributed by atoms with E-state index in [-0.39, 0.29) is 6.23 Å². The first-order valence-corrected chi connectivity index (χ1v) is 10.9. The lowest BCUT2D eigenvalue weighted by Crippen LogP contribution is -2.36. The summed E-state index contributed by atoms with van der Waals surface area (Å²) in [5, 5.41) is 9.64. The van der Waals surface area contributed by atoms with E-state index in [1.165, 1.54) is 0 Å². The Morgan fingerprint density at radius 1 is 1.09 bits per heavy atom. The first-order valence-electron chi connectivity index (χ1n) is 10.9. The van der Waals surface area contributed by atoms with Crippen LogP contribution in [0.2, 0.25) is 0 Å². The number of anilines is 2. The quantitative estimate of drug-likeness (QED) is 0.445. The minimum absolute atomic E-state index is 0.181. The summed E-state index contributed by atoms with van der Waals surface area (Å²) in [6, 6.07) is 14.8. The maximum atomic E-state index is 6.14. The molecule has 33 heavy (non-hydrogen) atoms. The van der Waals surface area contributed by atoms with E-state index in [9.17, 15) is 0 Å². The lowest BCUT2D eigenvalue weighted by molar-refractivity contribution is 0.156. The molecule has 8 nitrogen and oxygen atoms in total. The molecule has 1 unspecified atom stereocenters. The van der Waals surface area contributed by atoms with E-state index in [2.05, 4.69) is 74.0 Å². The van der Waals surface area contributed by atoms with Crippen molar-refractivity contribution in [2.75, 3.05) is 24.7 Å².